The largest absolute Gasteiger partial charge is 0.236 e. The number of halogens is 2. The van der Waals surface area contributed by atoms with E-state index in [0.717, 1.165) is 18.2 Å². The molecular formula is C12H7F2N3. The summed E-state index contributed by atoms with van der Waals surface area (Å²) in [4.78, 5) is 4.10. The summed E-state index contributed by atoms with van der Waals surface area (Å²) in [5.41, 5.74) is 1.14. The van der Waals surface area contributed by atoms with Crippen LogP contribution >= 0.6 is 0 Å². The first-order chi connectivity index (χ1) is 8.25. The summed E-state index contributed by atoms with van der Waals surface area (Å²) in [6.07, 6.45) is 4.75. The van der Waals surface area contributed by atoms with Crippen LogP contribution in [-0.2, 0) is 0 Å². The van der Waals surface area contributed by atoms with Gasteiger partial charge in [0.05, 0.1) is 6.20 Å². The molecule has 0 bridgehead atoms. The van der Waals surface area contributed by atoms with Gasteiger partial charge in [-0.05, 0) is 24.3 Å². The summed E-state index contributed by atoms with van der Waals surface area (Å²) in [5.74, 6) is -0.983. The van der Waals surface area contributed by atoms with Gasteiger partial charge in [-0.15, -0.1) is 0 Å². The third kappa shape index (κ3) is 1.56. The maximum absolute atomic E-state index is 13.6. The molecule has 1 aromatic carbocycles. The van der Waals surface area contributed by atoms with Gasteiger partial charge in [-0.25, -0.2) is 18.3 Å². The zero-order chi connectivity index (χ0) is 11.8. The molecule has 0 spiro atoms. The Bertz CT molecular complexity index is 691. The molecule has 0 fully saturated rings. The van der Waals surface area contributed by atoms with Crippen LogP contribution in [0, 0.1) is 11.6 Å². The van der Waals surface area contributed by atoms with E-state index in [0.29, 0.717) is 11.2 Å². The number of rotatable bonds is 1. The standard InChI is InChI=1S/C12H7F2N3/c13-8-2-3-11(14)9(6-8)10-7-16-17-5-1-4-15-12(10)17/h1-7H. The van der Waals surface area contributed by atoms with Crippen molar-refractivity contribution >= 4 is 5.65 Å². The molecule has 5 heteroatoms. The minimum absolute atomic E-state index is 0.165. The normalized spacial score (nSPS) is 10.9. The van der Waals surface area contributed by atoms with Gasteiger partial charge in [0, 0.05) is 23.5 Å². The van der Waals surface area contributed by atoms with Gasteiger partial charge < -0.3 is 0 Å². The molecule has 3 aromatic rings. The van der Waals surface area contributed by atoms with Gasteiger partial charge >= 0.3 is 0 Å². The van der Waals surface area contributed by atoms with Crippen LogP contribution in [0.5, 0.6) is 0 Å². The monoisotopic (exact) mass is 231 g/mol. The molecule has 17 heavy (non-hydrogen) atoms. The van der Waals surface area contributed by atoms with Crippen LogP contribution in [0.4, 0.5) is 8.78 Å². The molecule has 0 unspecified atom stereocenters. The molecule has 3 rings (SSSR count). The smallest absolute Gasteiger partial charge is 0.162 e. The number of benzene rings is 1. The fraction of sp³-hybridized carbons (Fsp3) is 0. The molecule has 0 aliphatic rings. The van der Waals surface area contributed by atoms with Gasteiger partial charge in [-0.3, -0.25) is 0 Å². The highest BCUT2D eigenvalue weighted by Gasteiger charge is 2.12. The van der Waals surface area contributed by atoms with E-state index < -0.39 is 11.6 Å². The Hall–Kier alpha value is -2.30. The van der Waals surface area contributed by atoms with Gasteiger partial charge in [0.25, 0.3) is 0 Å². The van der Waals surface area contributed by atoms with Gasteiger partial charge in [-0.2, -0.15) is 5.10 Å². The fourth-order valence-electron chi connectivity index (χ4n) is 1.72. The first-order valence-corrected chi connectivity index (χ1v) is 4.99. The van der Waals surface area contributed by atoms with Gasteiger partial charge in [0.1, 0.15) is 11.6 Å². The van der Waals surface area contributed by atoms with Crippen molar-refractivity contribution < 1.29 is 8.78 Å². The number of nitrogens with zero attached hydrogens (tertiary/aromatic N) is 3. The van der Waals surface area contributed by atoms with E-state index in [9.17, 15) is 8.78 Å². The van der Waals surface area contributed by atoms with E-state index in [1.54, 1.807) is 18.5 Å². The van der Waals surface area contributed by atoms with E-state index >= 15 is 0 Å². The van der Waals surface area contributed by atoms with Crippen molar-refractivity contribution in [2.45, 2.75) is 0 Å². The maximum atomic E-state index is 13.6. The summed E-state index contributed by atoms with van der Waals surface area (Å²) in [5, 5.41) is 4.03. The molecule has 0 amide bonds. The van der Waals surface area contributed by atoms with E-state index in [4.69, 9.17) is 0 Å². The average Bonchev–Trinajstić information content (AvgIpc) is 2.76. The van der Waals surface area contributed by atoms with Crippen molar-refractivity contribution in [1.29, 1.82) is 0 Å². The number of fused-ring (bicyclic) bond motifs is 1. The summed E-state index contributed by atoms with van der Waals surface area (Å²) in [6.45, 7) is 0. The van der Waals surface area contributed by atoms with E-state index in [1.165, 1.54) is 10.7 Å². The molecule has 2 heterocycles. The average molecular weight is 231 g/mol. The molecule has 0 aliphatic carbocycles. The van der Waals surface area contributed by atoms with Crippen LogP contribution in [0.3, 0.4) is 0 Å². The van der Waals surface area contributed by atoms with Gasteiger partial charge in [0.15, 0.2) is 5.65 Å². The Morgan fingerprint density at radius 3 is 2.88 bits per heavy atom. The molecule has 0 atom stereocenters. The predicted octanol–water partition coefficient (Wildman–Crippen LogP) is 2.67. The molecule has 0 saturated carbocycles. The SMILES string of the molecule is Fc1ccc(F)c(-c2cnn3cccnc23)c1. The van der Waals surface area contributed by atoms with Crippen molar-refractivity contribution in [2.24, 2.45) is 0 Å². The Morgan fingerprint density at radius 2 is 2.00 bits per heavy atom. The quantitative estimate of drug-likeness (QED) is 0.644. The topological polar surface area (TPSA) is 30.2 Å². The second kappa shape index (κ2) is 3.62. The number of hydrogen-bond donors (Lipinski definition) is 0. The van der Waals surface area contributed by atoms with Gasteiger partial charge in [-0.1, -0.05) is 0 Å². The van der Waals surface area contributed by atoms with Crippen LogP contribution in [0.15, 0.2) is 42.9 Å². The maximum Gasteiger partial charge on any atom is 0.162 e. The second-order valence-electron chi connectivity index (χ2n) is 3.57. The van der Waals surface area contributed by atoms with Crippen molar-refractivity contribution in [1.82, 2.24) is 14.6 Å². The molecule has 0 N–H and O–H groups in total. The van der Waals surface area contributed by atoms with Crippen molar-refractivity contribution in [3.05, 3.63) is 54.5 Å². The third-order valence-corrected chi connectivity index (χ3v) is 2.50. The molecular weight excluding hydrogens is 224 g/mol. The summed E-state index contributed by atoms with van der Waals surface area (Å²) in [7, 11) is 0. The van der Waals surface area contributed by atoms with Crippen molar-refractivity contribution in [3.63, 3.8) is 0 Å². The Morgan fingerprint density at radius 1 is 1.12 bits per heavy atom. The lowest BCUT2D eigenvalue weighted by Gasteiger charge is -2.00. The number of aromatic nitrogens is 3. The number of hydrogen-bond acceptors (Lipinski definition) is 2. The van der Waals surface area contributed by atoms with Crippen LogP contribution in [-0.4, -0.2) is 14.6 Å². The van der Waals surface area contributed by atoms with Crippen molar-refractivity contribution in [2.75, 3.05) is 0 Å². The van der Waals surface area contributed by atoms with Crippen LogP contribution in [0.2, 0.25) is 0 Å². The van der Waals surface area contributed by atoms with Crippen LogP contribution in [0.25, 0.3) is 16.8 Å². The van der Waals surface area contributed by atoms with E-state index in [1.807, 2.05) is 0 Å². The summed E-state index contributed by atoms with van der Waals surface area (Å²) in [6, 6.07) is 5.03. The Balaban J connectivity index is 2.31. The highest BCUT2D eigenvalue weighted by molar-refractivity contribution is 5.77. The van der Waals surface area contributed by atoms with Crippen LogP contribution in [0.1, 0.15) is 0 Å². The Kier molecular flexibility index (Phi) is 2.11. The predicted molar refractivity (Wildman–Crippen MR) is 58.3 cm³/mol. The lowest BCUT2D eigenvalue weighted by molar-refractivity contribution is 0.603. The van der Waals surface area contributed by atoms with Crippen LogP contribution < -0.4 is 0 Å². The lowest BCUT2D eigenvalue weighted by Crippen LogP contribution is -1.89. The first-order valence-electron chi connectivity index (χ1n) is 4.99. The minimum Gasteiger partial charge on any atom is -0.236 e. The van der Waals surface area contributed by atoms with E-state index in [-0.39, 0.29) is 5.56 Å². The molecule has 2 aromatic heterocycles. The summed E-state index contributed by atoms with van der Waals surface area (Å²) >= 11 is 0. The molecule has 0 aliphatic heterocycles. The highest BCUT2D eigenvalue weighted by Crippen LogP contribution is 2.26. The van der Waals surface area contributed by atoms with Gasteiger partial charge in [0.2, 0.25) is 0 Å². The molecule has 84 valence electrons. The molecule has 3 nitrogen and oxygen atoms in total. The fourth-order valence-corrected chi connectivity index (χ4v) is 1.72. The van der Waals surface area contributed by atoms with E-state index in [2.05, 4.69) is 10.1 Å². The third-order valence-electron chi connectivity index (χ3n) is 2.50. The second-order valence-corrected chi connectivity index (χ2v) is 3.57. The highest BCUT2D eigenvalue weighted by atomic mass is 19.1. The zero-order valence-corrected chi connectivity index (χ0v) is 8.64. The minimum atomic E-state index is -0.494. The molecule has 0 radical (unpaired) electrons. The van der Waals surface area contributed by atoms with Crippen molar-refractivity contribution in [3.8, 4) is 11.1 Å². The Labute approximate surface area is 95.3 Å². The lowest BCUT2D eigenvalue weighted by atomic mass is 10.1. The zero-order valence-electron chi connectivity index (χ0n) is 8.64. The first kappa shape index (κ1) is 9.89. The molecule has 0 saturated heterocycles. The summed E-state index contributed by atoms with van der Waals surface area (Å²) < 4.78 is 28.3.